The molecule has 2 heterocycles. The van der Waals surface area contributed by atoms with Crippen LogP contribution in [0.25, 0.3) is 16.6 Å². The highest BCUT2D eigenvalue weighted by atomic mass is 35.5. The molecule has 1 amide bonds. The van der Waals surface area contributed by atoms with Gasteiger partial charge in [0, 0.05) is 23.3 Å². The molecule has 5 nitrogen and oxygen atoms in total. The van der Waals surface area contributed by atoms with E-state index in [-0.39, 0.29) is 27.9 Å². The van der Waals surface area contributed by atoms with E-state index in [2.05, 4.69) is 4.98 Å². The zero-order valence-corrected chi connectivity index (χ0v) is 18.7. The van der Waals surface area contributed by atoms with E-state index < -0.39 is 17.2 Å². The first-order valence-electron chi connectivity index (χ1n) is 10.1. The topological polar surface area (TPSA) is 55.2 Å². The first-order chi connectivity index (χ1) is 15.9. The molecule has 9 heteroatoms. The van der Waals surface area contributed by atoms with E-state index in [4.69, 9.17) is 11.6 Å². The van der Waals surface area contributed by atoms with Crippen LogP contribution in [0.2, 0.25) is 5.02 Å². The number of nitrogens with zero attached hydrogens (tertiary/aromatic N) is 3. The quantitative estimate of drug-likeness (QED) is 0.303. The summed E-state index contributed by atoms with van der Waals surface area (Å²) in [4.78, 5) is 32.5. The van der Waals surface area contributed by atoms with Crippen LogP contribution in [0.4, 0.5) is 14.5 Å². The Kier molecular flexibility index (Phi) is 5.64. The molecular formula is C24H16ClF2N3O2S. The van der Waals surface area contributed by atoms with E-state index in [0.717, 1.165) is 40.1 Å². The van der Waals surface area contributed by atoms with E-state index in [1.165, 1.54) is 12.1 Å². The molecule has 4 aromatic rings. The van der Waals surface area contributed by atoms with Gasteiger partial charge in [-0.15, -0.1) is 0 Å². The molecule has 5 rings (SSSR count). The maximum absolute atomic E-state index is 14.6. The Morgan fingerprint density at radius 2 is 1.88 bits per heavy atom. The van der Waals surface area contributed by atoms with Gasteiger partial charge in [-0.3, -0.25) is 14.2 Å². The van der Waals surface area contributed by atoms with Crippen LogP contribution >= 0.6 is 23.4 Å². The largest absolute Gasteiger partial charge is 0.311 e. The van der Waals surface area contributed by atoms with E-state index in [1.54, 1.807) is 17.0 Å². The highest BCUT2D eigenvalue weighted by Gasteiger charge is 2.25. The van der Waals surface area contributed by atoms with Crippen LogP contribution in [0, 0.1) is 11.6 Å². The molecule has 0 saturated heterocycles. The Morgan fingerprint density at radius 1 is 1.06 bits per heavy atom. The number of carbonyl (C=O) groups is 1. The molecule has 33 heavy (non-hydrogen) atoms. The van der Waals surface area contributed by atoms with Gasteiger partial charge in [-0.1, -0.05) is 41.6 Å². The van der Waals surface area contributed by atoms with Gasteiger partial charge in [-0.2, -0.15) is 0 Å². The second kappa shape index (κ2) is 8.61. The fraction of sp³-hybridized carbons (Fsp3) is 0.125. The third-order valence-corrected chi connectivity index (χ3v) is 6.62. The number of para-hydroxylation sites is 1. The Morgan fingerprint density at radius 3 is 2.70 bits per heavy atom. The van der Waals surface area contributed by atoms with Crippen LogP contribution in [0.1, 0.15) is 5.56 Å². The van der Waals surface area contributed by atoms with Gasteiger partial charge in [0.05, 0.1) is 22.3 Å². The van der Waals surface area contributed by atoms with Gasteiger partial charge >= 0.3 is 0 Å². The lowest BCUT2D eigenvalue weighted by Gasteiger charge is -2.18. The number of amides is 1. The molecule has 0 N–H and O–H groups in total. The van der Waals surface area contributed by atoms with Gasteiger partial charge in [-0.05, 0) is 48.4 Å². The maximum Gasteiger partial charge on any atom is 0.266 e. The summed E-state index contributed by atoms with van der Waals surface area (Å²) < 4.78 is 29.2. The zero-order valence-electron chi connectivity index (χ0n) is 17.1. The summed E-state index contributed by atoms with van der Waals surface area (Å²) in [6.45, 7) is 0.571. The number of aromatic nitrogens is 2. The molecular weight excluding hydrogens is 468 g/mol. The number of hydrogen-bond donors (Lipinski definition) is 0. The summed E-state index contributed by atoms with van der Waals surface area (Å²) in [7, 11) is 0. The summed E-state index contributed by atoms with van der Waals surface area (Å²) in [6, 6.07) is 15.3. The standard InChI is InChI=1S/C24H16ClF2N3O2S/c25-15-5-7-19-17(11-15)23(32)30(21-8-6-16(26)12-18(21)27)24(28-19)33-13-22(31)29-10-9-14-3-1-2-4-20(14)29/h1-8,11-12H,9-10,13H2. The van der Waals surface area contributed by atoms with Crippen molar-refractivity contribution in [3.05, 3.63) is 93.2 Å². The van der Waals surface area contributed by atoms with Crippen molar-refractivity contribution in [1.29, 1.82) is 0 Å². The third kappa shape index (κ3) is 4.00. The van der Waals surface area contributed by atoms with Crippen molar-refractivity contribution in [2.45, 2.75) is 11.6 Å². The number of benzene rings is 3. The number of carbonyl (C=O) groups excluding carboxylic acids is 1. The third-order valence-electron chi connectivity index (χ3n) is 5.46. The summed E-state index contributed by atoms with van der Waals surface area (Å²) in [5.74, 6) is -1.84. The minimum absolute atomic E-state index is 0.0112. The number of anilines is 1. The molecule has 0 spiro atoms. The van der Waals surface area contributed by atoms with Gasteiger partial charge in [-0.25, -0.2) is 13.8 Å². The maximum atomic E-state index is 14.6. The summed E-state index contributed by atoms with van der Waals surface area (Å²) in [5, 5.41) is 0.646. The van der Waals surface area contributed by atoms with Crippen LogP contribution in [0.15, 0.2) is 70.6 Å². The summed E-state index contributed by atoms with van der Waals surface area (Å²) in [6.07, 6.45) is 0.771. The van der Waals surface area contributed by atoms with E-state index in [1.807, 2.05) is 24.3 Å². The molecule has 0 bridgehead atoms. The molecule has 0 fully saturated rings. The van der Waals surface area contributed by atoms with Crippen molar-refractivity contribution in [1.82, 2.24) is 9.55 Å². The highest BCUT2D eigenvalue weighted by Crippen LogP contribution is 2.30. The zero-order chi connectivity index (χ0) is 23.1. The molecule has 1 aliphatic rings. The monoisotopic (exact) mass is 483 g/mol. The fourth-order valence-corrected chi connectivity index (χ4v) is 4.96. The minimum Gasteiger partial charge on any atom is -0.311 e. The van der Waals surface area contributed by atoms with Gasteiger partial charge in [0.1, 0.15) is 11.6 Å². The predicted octanol–water partition coefficient (Wildman–Crippen LogP) is 5.00. The normalized spacial score (nSPS) is 12.9. The average Bonchev–Trinajstić information content (AvgIpc) is 3.23. The Hall–Kier alpha value is -3.23. The summed E-state index contributed by atoms with van der Waals surface area (Å²) >= 11 is 7.07. The smallest absolute Gasteiger partial charge is 0.266 e. The predicted molar refractivity (Wildman–Crippen MR) is 125 cm³/mol. The Balaban J connectivity index is 1.55. The van der Waals surface area contributed by atoms with Crippen LogP contribution < -0.4 is 10.5 Å². The van der Waals surface area contributed by atoms with Crippen LogP contribution in [0.5, 0.6) is 0 Å². The minimum atomic E-state index is -0.915. The first-order valence-corrected chi connectivity index (χ1v) is 11.5. The van der Waals surface area contributed by atoms with E-state index >= 15 is 0 Å². The van der Waals surface area contributed by atoms with Crippen molar-refractivity contribution >= 4 is 45.9 Å². The van der Waals surface area contributed by atoms with Crippen molar-refractivity contribution in [2.24, 2.45) is 0 Å². The molecule has 0 radical (unpaired) electrons. The fourth-order valence-electron chi connectivity index (χ4n) is 3.91. The molecule has 166 valence electrons. The number of thioether (sulfide) groups is 1. The van der Waals surface area contributed by atoms with E-state index in [0.29, 0.717) is 23.2 Å². The van der Waals surface area contributed by atoms with Crippen LogP contribution in [-0.4, -0.2) is 27.8 Å². The van der Waals surface area contributed by atoms with E-state index in [9.17, 15) is 18.4 Å². The van der Waals surface area contributed by atoms with Gasteiger partial charge < -0.3 is 4.90 Å². The number of fused-ring (bicyclic) bond motifs is 2. The molecule has 0 aliphatic carbocycles. The Labute approximate surface area is 196 Å². The second-order valence-corrected chi connectivity index (χ2v) is 8.88. The van der Waals surface area contributed by atoms with Gasteiger partial charge in [0.2, 0.25) is 5.91 Å². The number of rotatable bonds is 4. The van der Waals surface area contributed by atoms with Gasteiger partial charge in [0.25, 0.3) is 5.56 Å². The van der Waals surface area contributed by atoms with Crippen LogP contribution in [-0.2, 0) is 11.2 Å². The molecule has 0 saturated carbocycles. The van der Waals surface area contributed by atoms with Crippen LogP contribution in [0.3, 0.4) is 0 Å². The molecule has 0 unspecified atom stereocenters. The molecule has 3 aromatic carbocycles. The molecule has 1 aromatic heterocycles. The lowest BCUT2D eigenvalue weighted by Crippen LogP contribution is -2.31. The highest BCUT2D eigenvalue weighted by molar-refractivity contribution is 7.99. The lowest BCUT2D eigenvalue weighted by molar-refractivity contribution is -0.116. The summed E-state index contributed by atoms with van der Waals surface area (Å²) in [5.41, 5.74) is 1.62. The van der Waals surface area contributed by atoms with Crippen molar-refractivity contribution in [3.63, 3.8) is 0 Å². The Bertz CT molecular complexity index is 1470. The van der Waals surface area contributed by atoms with Crippen molar-refractivity contribution in [2.75, 3.05) is 17.2 Å². The lowest BCUT2D eigenvalue weighted by atomic mass is 10.2. The van der Waals surface area contributed by atoms with Crippen molar-refractivity contribution in [3.8, 4) is 5.69 Å². The SMILES string of the molecule is O=C(CSc1nc2ccc(Cl)cc2c(=O)n1-c1ccc(F)cc1F)N1CCc2ccccc21. The number of halogens is 3. The molecule has 1 aliphatic heterocycles. The average molecular weight is 484 g/mol. The first kappa shape index (κ1) is 21.6. The molecule has 0 atom stereocenters. The number of hydrogen-bond acceptors (Lipinski definition) is 4. The second-order valence-electron chi connectivity index (χ2n) is 7.50. The van der Waals surface area contributed by atoms with Crippen molar-refractivity contribution < 1.29 is 13.6 Å². The van der Waals surface area contributed by atoms with Gasteiger partial charge in [0.15, 0.2) is 5.16 Å².